The third kappa shape index (κ3) is 13.0. The van der Waals surface area contributed by atoms with Crippen molar-refractivity contribution in [2.45, 2.75) is 35.5 Å². The minimum atomic E-state index is -4.89. The molecule has 0 aliphatic rings. The summed E-state index contributed by atoms with van der Waals surface area (Å²) < 4.78 is 71.1. The Morgan fingerprint density at radius 2 is 0.984 bits per heavy atom. The van der Waals surface area contributed by atoms with Gasteiger partial charge in [0.2, 0.25) is 23.8 Å². The van der Waals surface area contributed by atoms with Crippen LogP contribution in [0.5, 0.6) is 0 Å². The van der Waals surface area contributed by atoms with Gasteiger partial charge in [0.1, 0.15) is 21.4 Å². The number of rotatable bonds is 20. The van der Waals surface area contributed by atoms with E-state index in [0.717, 1.165) is 11.6 Å². The van der Waals surface area contributed by atoms with Gasteiger partial charge >= 0.3 is 11.9 Å². The molecule has 0 saturated carbocycles. The van der Waals surface area contributed by atoms with E-state index in [1.165, 1.54) is 36.4 Å². The largest absolute Gasteiger partial charge is 0.481 e. The van der Waals surface area contributed by atoms with E-state index in [4.69, 9.17) is 10.2 Å². The highest BCUT2D eigenvalue weighted by atomic mass is 32.2. The van der Waals surface area contributed by atoms with Crippen molar-refractivity contribution < 1.29 is 45.7 Å². The smallest absolute Gasteiger partial charge is 0.305 e. The zero-order chi connectivity index (χ0) is 44.3. The van der Waals surface area contributed by atoms with Gasteiger partial charge in [0, 0.05) is 37.3 Å². The molecular weight excluding hydrogens is 845 g/mol. The molecule has 0 aliphatic heterocycles. The fourth-order valence-electron chi connectivity index (χ4n) is 5.78. The second kappa shape index (κ2) is 19.8. The summed E-state index contributed by atoms with van der Waals surface area (Å²) in [5.41, 5.74) is 1.93. The first-order chi connectivity index (χ1) is 29.6. The summed E-state index contributed by atoms with van der Waals surface area (Å²) >= 11 is 0. The van der Waals surface area contributed by atoms with Crippen molar-refractivity contribution in [3.8, 4) is 0 Å². The number of nitrogens with zero attached hydrogens (tertiary/aromatic N) is 6. The molecule has 6 aromatic rings. The van der Waals surface area contributed by atoms with Crippen molar-refractivity contribution >= 4 is 79.5 Å². The van der Waals surface area contributed by atoms with E-state index in [0.29, 0.717) is 23.5 Å². The Hall–Kier alpha value is -7.40. The Labute approximate surface area is 354 Å². The average molecular weight is 883 g/mol. The van der Waals surface area contributed by atoms with E-state index in [2.05, 4.69) is 51.2 Å². The fourth-order valence-corrected chi connectivity index (χ4v) is 7.22. The van der Waals surface area contributed by atoms with Gasteiger partial charge in [0.05, 0.1) is 12.8 Å². The predicted octanol–water partition coefficient (Wildman–Crippen LogP) is 5.16. The maximum atomic E-state index is 12.7. The summed E-state index contributed by atoms with van der Waals surface area (Å²) in [5.74, 6) is -1.34. The van der Waals surface area contributed by atoms with Crippen LogP contribution in [-0.4, -0.2) is 91.1 Å². The van der Waals surface area contributed by atoms with Crippen LogP contribution in [0.25, 0.3) is 12.2 Å². The summed E-state index contributed by atoms with van der Waals surface area (Å²) in [6, 6.07) is 26.3. The van der Waals surface area contributed by atoms with Crippen LogP contribution in [-0.2, 0) is 42.7 Å². The summed E-state index contributed by atoms with van der Waals surface area (Å²) in [4.78, 5) is 47.2. The van der Waals surface area contributed by atoms with Crippen LogP contribution < -0.4 is 21.3 Å². The van der Waals surface area contributed by atoms with Crippen molar-refractivity contribution in [1.82, 2.24) is 29.9 Å². The predicted molar refractivity (Wildman–Crippen MR) is 228 cm³/mol. The first-order valence-electron chi connectivity index (χ1n) is 18.5. The van der Waals surface area contributed by atoms with E-state index in [-0.39, 0.29) is 78.8 Å². The molecule has 0 radical (unpaired) electrons. The Bertz CT molecular complexity index is 2640. The molecule has 0 spiro atoms. The van der Waals surface area contributed by atoms with Crippen molar-refractivity contribution in [2.75, 3.05) is 34.4 Å². The van der Waals surface area contributed by atoms with Crippen LogP contribution >= 0.6 is 0 Å². The molecule has 0 atom stereocenters. The zero-order valence-corrected chi connectivity index (χ0v) is 34.0. The van der Waals surface area contributed by atoms with Crippen molar-refractivity contribution in [3.05, 3.63) is 131 Å². The Morgan fingerprint density at radius 3 is 1.53 bits per heavy atom. The highest BCUT2D eigenvalue weighted by Gasteiger charge is 2.19. The van der Waals surface area contributed by atoms with Crippen LogP contribution in [0, 0.1) is 0 Å². The maximum absolute atomic E-state index is 12.7. The third-order valence-corrected chi connectivity index (χ3v) is 10.4. The van der Waals surface area contributed by atoms with Gasteiger partial charge in [-0.3, -0.25) is 18.7 Å². The number of aliphatic carboxylic acids is 2. The topological polar surface area (TPSA) is 309 Å². The SMILES string of the molecule is O=C(O)CCNc1nc(Cc2ccccc2)nc(Cc2ccc(/C=C/c3ccc(Nc4nc(NCCC(=O)O)nc(Nc5ccccc5)n4)cc3S(=O)(=O)O)c(S(=O)(=O)O)c2)n1. The number of carboxylic acid groups (broad SMARTS) is 2. The molecule has 0 fully saturated rings. The number of anilines is 6. The molecule has 8 N–H and O–H groups in total. The fraction of sp³-hybridized carbons (Fsp3) is 0.150. The molecule has 4 aromatic carbocycles. The molecule has 22 heteroatoms. The normalized spacial score (nSPS) is 11.6. The quantitative estimate of drug-likeness (QED) is 0.0362. The molecule has 0 bridgehead atoms. The Balaban J connectivity index is 1.27. The Morgan fingerprint density at radius 1 is 0.516 bits per heavy atom. The number of benzene rings is 4. The molecule has 2 heterocycles. The first-order valence-corrected chi connectivity index (χ1v) is 21.4. The van der Waals surface area contributed by atoms with Crippen molar-refractivity contribution in [3.63, 3.8) is 0 Å². The standard InChI is InChI=1S/C40H38N10O10S2/c51-35(52)17-19-41-37-46-33(22-25-7-3-1-4-8-25)45-34(47-37)23-26-11-12-27(31(21-26)61(55,56)57)13-14-28-15-16-30(24-32(28)62(58,59)60)44-40-49-38(42-20-18-36(53)54)48-39(50-40)43-29-9-5-2-6-10-29/h1-16,21,24H,17-20,22-23H2,(H,51,52)(H,53,54)(H,55,56,57)(H,58,59,60)(H,41,45,46,47)(H3,42,43,44,48,49,50)/b14-13+. The molecule has 0 unspecified atom stereocenters. The van der Waals surface area contributed by atoms with Gasteiger partial charge in [0.15, 0.2) is 0 Å². The van der Waals surface area contributed by atoms with Crippen LogP contribution in [0.15, 0.2) is 107 Å². The van der Waals surface area contributed by atoms with Gasteiger partial charge in [0.25, 0.3) is 20.2 Å². The summed E-state index contributed by atoms with van der Waals surface area (Å²) in [7, 11) is -9.75. The number of aromatic nitrogens is 6. The summed E-state index contributed by atoms with van der Waals surface area (Å²) in [6.07, 6.45) is 2.37. The molecule has 62 heavy (non-hydrogen) atoms. The third-order valence-electron chi connectivity index (χ3n) is 8.55. The van der Waals surface area contributed by atoms with Gasteiger partial charge in [-0.2, -0.15) is 41.8 Å². The lowest BCUT2D eigenvalue weighted by atomic mass is 10.1. The van der Waals surface area contributed by atoms with E-state index in [1.54, 1.807) is 30.3 Å². The second-order valence-electron chi connectivity index (χ2n) is 13.3. The molecular formula is C40H38N10O10S2. The molecule has 320 valence electrons. The van der Waals surface area contributed by atoms with Crippen LogP contribution in [0.1, 0.15) is 46.7 Å². The van der Waals surface area contributed by atoms with Gasteiger partial charge in [-0.15, -0.1) is 0 Å². The molecule has 0 saturated heterocycles. The number of hydrogen-bond acceptors (Lipinski definition) is 16. The van der Waals surface area contributed by atoms with Crippen LogP contribution in [0.3, 0.4) is 0 Å². The Kier molecular flexibility index (Phi) is 14.1. The van der Waals surface area contributed by atoms with E-state index >= 15 is 0 Å². The van der Waals surface area contributed by atoms with E-state index in [9.17, 15) is 35.5 Å². The lowest BCUT2D eigenvalue weighted by Gasteiger charge is -2.12. The number of hydrogen-bond donors (Lipinski definition) is 8. The lowest BCUT2D eigenvalue weighted by Crippen LogP contribution is -2.14. The minimum Gasteiger partial charge on any atom is -0.481 e. The molecule has 0 aliphatic carbocycles. The number of carboxylic acids is 2. The summed E-state index contributed by atoms with van der Waals surface area (Å²) in [5, 5.41) is 29.7. The lowest BCUT2D eigenvalue weighted by molar-refractivity contribution is -0.137. The van der Waals surface area contributed by atoms with Gasteiger partial charge in [-0.1, -0.05) is 78.9 Å². The van der Waals surface area contributed by atoms with Crippen molar-refractivity contribution in [2.24, 2.45) is 0 Å². The monoisotopic (exact) mass is 882 g/mol. The molecule has 6 rings (SSSR count). The summed E-state index contributed by atoms with van der Waals surface area (Å²) in [6.45, 7) is 0.0317. The van der Waals surface area contributed by atoms with Crippen LogP contribution in [0.2, 0.25) is 0 Å². The highest BCUT2D eigenvalue weighted by molar-refractivity contribution is 7.86. The zero-order valence-electron chi connectivity index (χ0n) is 32.4. The molecule has 20 nitrogen and oxygen atoms in total. The van der Waals surface area contributed by atoms with Gasteiger partial charge < -0.3 is 31.5 Å². The van der Waals surface area contributed by atoms with Gasteiger partial charge in [-0.25, -0.2) is 4.98 Å². The number of nitrogens with one attached hydrogen (secondary N) is 4. The van der Waals surface area contributed by atoms with Gasteiger partial charge in [-0.05, 0) is 52.6 Å². The minimum absolute atomic E-state index is 0.00764. The second-order valence-corrected chi connectivity index (χ2v) is 16.1. The highest BCUT2D eigenvalue weighted by Crippen LogP contribution is 2.27. The van der Waals surface area contributed by atoms with E-state index in [1.807, 2.05) is 36.4 Å². The average Bonchev–Trinajstić information content (AvgIpc) is 3.20. The van der Waals surface area contributed by atoms with Crippen molar-refractivity contribution in [1.29, 1.82) is 0 Å². The molecule has 0 amide bonds. The molecule has 2 aromatic heterocycles. The number of para-hydroxylation sites is 1. The van der Waals surface area contributed by atoms with Crippen LogP contribution in [0.4, 0.5) is 35.2 Å². The maximum Gasteiger partial charge on any atom is 0.305 e. The van der Waals surface area contributed by atoms with E-state index < -0.39 is 42.0 Å². The number of carbonyl (C=O) groups is 2. The first kappa shape index (κ1) is 44.2.